The lowest BCUT2D eigenvalue weighted by Gasteiger charge is -2.26. The van der Waals surface area contributed by atoms with Gasteiger partial charge in [-0.1, -0.05) is 19.9 Å². The molecule has 0 spiro atoms. The van der Waals surface area contributed by atoms with Crippen LogP contribution in [-0.4, -0.2) is 27.2 Å². The predicted octanol–water partition coefficient (Wildman–Crippen LogP) is 3.29. The number of rotatable bonds is 8. The fraction of sp³-hybridized carbons (Fsp3) is 0.625. The van der Waals surface area contributed by atoms with Crippen LogP contribution in [0.5, 0.6) is 5.75 Å². The number of nitrogens with two attached hydrogens (primary N) is 1. The topological polar surface area (TPSA) is 38.5 Å². The van der Waals surface area contributed by atoms with E-state index in [1.165, 1.54) is 18.5 Å². The molecule has 0 saturated carbocycles. The highest BCUT2D eigenvalue weighted by Gasteiger charge is 2.16. The Kier molecular flexibility index (Phi) is 6.16. The van der Waals surface area contributed by atoms with E-state index in [9.17, 15) is 0 Å². The number of anilines is 1. The van der Waals surface area contributed by atoms with Crippen molar-refractivity contribution in [3.63, 3.8) is 0 Å². The molecule has 0 bridgehead atoms. The van der Waals surface area contributed by atoms with Crippen molar-refractivity contribution in [1.29, 1.82) is 0 Å². The standard InChI is InChI=1S/C16H28N2O/c1-16(2,10-11-17)9-6-12-18(3)14-7-5-8-15(13-14)19-4/h5,7-8,13H,6,9-12,17H2,1-4H3. The Morgan fingerprint density at radius 1 is 1.26 bits per heavy atom. The van der Waals surface area contributed by atoms with Crippen LogP contribution in [0.4, 0.5) is 5.69 Å². The third-order valence-corrected chi connectivity index (χ3v) is 3.66. The quantitative estimate of drug-likeness (QED) is 0.783. The van der Waals surface area contributed by atoms with Crippen molar-refractivity contribution in [2.45, 2.75) is 33.1 Å². The number of nitrogens with zero attached hydrogens (tertiary/aromatic N) is 1. The summed E-state index contributed by atoms with van der Waals surface area (Å²) in [6.45, 7) is 6.43. The lowest BCUT2D eigenvalue weighted by Crippen LogP contribution is -2.22. The maximum atomic E-state index is 5.64. The molecular weight excluding hydrogens is 236 g/mol. The maximum Gasteiger partial charge on any atom is 0.120 e. The summed E-state index contributed by atoms with van der Waals surface area (Å²) in [5.41, 5.74) is 7.20. The van der Waals surface area contributed by atoms with Gasteiger partial charge in [0, 0.05) is 25.3 Å². The van der Waals surface area contributed by atoms with E-state index in [1.807, 2.05) is 12.1 Å². The van der Waals surface area contributed by atoms with E-state index in [1.54, 1.807) is 7.11 Å². The minimum Gasteiger partial charge on any atom is -0.497 e. The molecule has 3 heteroatoms. The summed E-state index contributed by atoms with van der Waals surface area (Å²) >= 11 is 0. The van der Waals surface area contributed by atoms with E-state index in [4.69, 9.17) is 10.5 Å². The van der Waals surface area contributed by atoms with E-state index < -0.39 is 0 Å². The molecule has 0 aliphatic rings. The lowest BCUT2D eigenvalue weighted by molar-refractivity contribution is 0.306. The highest BCUT2D eigenvalue weighted by molar-refractivity contribution is 5.49. The molecule has 2 N–H and O–H groups in total. The van der Waals surface area contributed by atoms with Crippen molar-refractivity contribution in [1.82, 2.24) is 0 Å². The fourth-order valence-corrected chi connectivity index (χ4v) is 2.29. The monoisotopic (exact) mass is 264 g/mol. The van der Waals surface area contributed by atoms with Crippen LogP contribution in [0.3, 0.4) is 0 Å². The molecule has 0 unspecified atom stereocenters. The number of methoxy groups -OCH3 is 1. The summed E-state index contributed by atoms with van der Waals surface area (Å²) in [4.78, 5) is 2.28. The first-order chi connectivity index (χ1) is 8.98. The summed E-state index contributed by atoms with van der Waals surface area (Å²) in [7, 11) is 3.83. The minimum atomic E-state index is 0.351. The Morgan fingerprint density at radius 2 is 2.00 bits per heavy atom. The van der Waals surface area contributed by atoms with Crippen molar-refractivity contribution in [3.05, 3.63) is 24.3 Å². The minimum absolute atomic E-state index is 0.351. The zero-order chi connectivity index (χ0) is 14.3. The molecule has 0 heterocycles. The van der Waals surface area contributed by atoms with Gasteiger partial charge in [0.25, 0.3) is 0 Å². The zero-order valence-corrected chi connectivity index (χ0v) is 12.8. The molecule has 1 rings (SSSR count). The molecule has 0 aliphatic carbocycles. The Hall–Kier alpha value is -1.22. The Balaban J connectivity index is 2.44. The van der Waals surface area contributed by atoms with Gasteiger partial charge in [0.05, 0.1) is 7.11 Å². The first kappa shape index (κ1) is 15.8. The van der Waals surface area contributed by atoms with Crippen molar-refractivity contribution < 1.29 is 4.74 Å². The Bertz CT molecular complexity index is 377. The second-order valence-electron chi connectivity index (χ2n) is 5.93. The summed E-state index contributed by atoms with van der Waals surface area (Å²) in [5.74, 6) is 0.910. The van der Waals surface area contributed by atoms with Gasteiger partial charge in [0.1, 0.15) is 5.75 Å². The molecule has 0 aliphatic heterocycles. The van der Waals surface area contributed by atoms with Gasteiger partial charge < -0.3 is 15.4 Å². The fourth-order valence-electron chi connectivity index (χ4n) is 2.29. The summed E-state index contributed by atoms with van der Waals surface area (Å²) < 4.78 is 5.26. The van der Waals surface area contributed by atoms with Crippen molar-refractivity contribution in [2.24, 2.45) is 11.1 Å². The zero-order valence-electron chi connectivity index (χ0n) is 12.8. The molecule has 1 aromatic carbocycles. The van der Waals surface area contributed by atoms with E-state index in [-0.39, 0.29) is 0 Å². The number of benzene rings is 1. The third kappa shape index (κ3) is 5.52. The first-order valence-corrected chi connectivity index (χ1v) is 7.04. The van der Waals surface area contributed by atoms with Crippen LogP contribution in [0.1, 0.15) is 33.1 Å². The number of hydrogen-bond acceptors (Lipinski definition) is 3. The number of ether oxygens (including phenoxy) is 1. The molecule has 0 fully saturated rings. The summed E-state index contributed by atoms with van der Waals surface area (Å²) in [6.07, 6.45) is 3.48. The van der Waals surface area contributed by atoms with Crippen molar-refractivity contribution >= 4 is 5.69 Å². The normalized spacial score (nSPS) is 11.4. The molecular formula is C16H28N2O. The smallest absolute Gasteiger partial charge is 0.120 e. The molecule has 1 aromatic rings. The van der Waals surface area contributed by atoms with Gasteiger partial charge in [0.15, 0.2) is 0 Å². The molecule has 0 saturated heterocycles. The molecule has 0 radical (unpaired) electrons. The van der Waals surface area contributed by atoms with Gasteiger partial charge in [-0.15, -0.1) is 0 Å². The van der Waals surface area contributed by atoms with Gasteiger partial charge in [-0.3, -0.25) is 0 Å². The van der Waals surface area contributed by atoms with Crippen molar-refractivity contribution in [2.75, 3.05) is 32.1 Å². The molecule has 3 nitrogen and oxygen atoms in total. The second-order valence-corrected chi connectivity index (χ2v) is 5.93. The van der Waals surface area contributed by atoms with Crippen LogP contribution in [0.2, 0.25) is 0 Å². The summed E-state index contributed by atoms with van der Waals surface area (Å²) in [5, 5.41) is 0. The van der Waals surface area contributed by atoms with E-state index >= 15 is 0 Å². The third-order valence-electron chi connectivity index (χ3n) is 3.66. The highest BCUT2D eigenvalue weighted by atomic mass is 16.5. The molecule has 19 heavy (non-hydrogen) atoms. The molecule has 0 atom stereocenters. The second kappa shape index (κ2) is 7.39. The molecule has 0 amide bonds. The van der Waals surface area contributed by atoms with Gasteiger partial charge in [-0.05, 0) is 43.4 Å². The van der Waals surface area contributed by atoms with Gasteiger partial charge >= 0.3 is 0 Å². The van der Waals surface area contributed by atoms with Crippen LogP contribution in [0, 0.1) is 5.41 Å². The predicted molar refractivity (Wildman–Crippen MR) is 83.0 cm³/mol. The average molecular weight is 264 g/mol. The van der Waals surface area contributed by atoms with Crippen LogP contribution in [0.15, 0.2) is 24.3 Å². The van der Waals surface area contributed by atoms with Gasteiger partial charge in [0.2, 0.25) is 0 Å². The summed E-state index contributed by atoms with van der Waals surface area (Å²) in [6, 6.07) is 8.20. The van der Waals surface area contributed by atoms with Crippen LogP contribution in [-0.2, 0) is 0 Å². The van der Waals surface area contributed by atoms with Crippen LogP contribution < -0.4 is 15.4 Å². The Morgan fingerprint density at radius 3 is 2.63 bits per heavy atom. The maximum absolute atomic E-state index is 5.64. The number of hydrogen-bond donors (Lipinski definition) is 1. The van der Waals surface area contributed by atoms with Gasteiger partial charge in [-0.2, -0.15) is 0 Å². The average Bonchev–Trinajstić information content (AvgIpc) is 2.38. The van der Waals surface area contributed by atoms with E-state index in [2.05, 4.69) is 37.9 Å². The first-order valence-electron chi connectivity index (χ1n) is 7.04. The van der Waals surface area contributed by atoms with Gasteiger partial charge in [-0.25, -0.2) is 0 Å². The lowest BCUT2D eigenvalue weighted by atomic mass is 9.84. The van der Waals surface area contributed by atoms with Crippen LogP contribution in [0.25, 0.3) is 0 Å². The van der Waals surface area contributed by atoms with Crippen molar-refractivity contribution in [3.8, 4) is 5.75 Å². The largest absolute Gasteiger partial charge is 0.497 e. The van der Waals surface area contributed by atoms with Crippen LogP contribution >= 0.6 is 0 Å². The molecule has 0 aromatic heterocycles. The highest BCUT2D eigenvalue weighted by Crippen LogP contribution is 2.27. The Labute approximate surface area is 117 Å². The van der Waals surface area contributed by atoms with E-state index in [0.717, 1.165) is 25.3 Å². The van der Waals surface area contributed by atoms with E-state index in [0.29, 0.717) is 5.41 Å². The SMILES string of the molecule is COc1cccc(N(C)CCCC(C)(C)CCN)c1. The molecule has 108 valence electrons.